The molecule has 0 spiro atoms. The van der Waals surface area contributed by atoms with Crippen molar-refractivity contribution in [1.29, 1.82) is 0 Å². The summed E-state index contributed by atoms with van der Waals surface area (Å²) in [5, 5.41) is 0.573. The number of nitrogens with zero attached hydrogens (tertiary/aromatic N) is 4. The number of Topliss-reactive ketones (excluding diaryl/α,β-unsaturated/α-hetero) is 1. The fraction of sp³-hybridized carbons (Fsp3) is 0.429. The number of carbonyl (C=O) groups is 1. The van der Waals surface area contributed by atoms with Gasteiger partial charge in [-0.1, -0.05) is 51.4 Å². The van der Waals surface area contributed by atoms with Crippen molar-refractivity contribution < 1.29 is 4.79 Å². The minimum atomic E-state index is -0.620. The molecule has 154 valence electrons. The van der Waals surface area contributed by atoms with Gasteiger partial charge in [-0.3, -0.25) is 18.7 Å². The second kappa shape index (κ2) is 7.63. The van der Waals surface area contributed by atoms with E-state index < -0.39 is 16.7 Å². The Balaban J connectivity index is 2.27. The second-order valence-electron chi connectivity index (χ2n) is 8.17. The molecule has 3 aromatic rings. The zero-order chi connectivity index (χ0) is 21.5. The van der Waals surface area contributed by atoms with Gasteiger partial charge in [0.05, 0.1) is 13.1 Å². The molecule has 2 heterocycles. The van der Waals surface area contributed by atoms with E-state index in [9.17, 15) is 14.4 Å². The summed E-state index contributed by atoms with van der Waals surface area (Å²) in [6, 6.07) is 6.95. The van der Waals surface area contributed by atoms with Crippen LogP contribution in [-0.2, 0) is 31.4 Å². The Kier molecular flexibility index (Phi) is 5.54. The predicted molar refractivity (Wildman–Crippen MR) is 114 cm³/mol. The molecule has 0 N–H and O–H groups in total. The molecule has 0 amide bonds. The third-order valence-electron chi connectivity index (χ3n) is 5.04. The number of hydrogen-bond acceptors (Lipinski definition) is 4. The highest BCUT2D eigenvalue weighted by Gasteiger charge is 2.26. The summed E-state index contributed by atoms with van der Waals surface area (Å²) in [7, 11) is 1.75. The zero-order valence-corrected chi connectivity index (χ0v) is 18.1. The lowest BCUT2D eigenvalue weighted by atomic mass is 9.91. The van der Waals surface area contributed by atoms with E-state index in [4.69, 9.17) is 11.6 Å². The third kappa shape index (κ3) is 3.92. The fourth-order valence-corrected chi connectivity index (χ4v) is 3.28. The van der Waals surface area contributed by atoms with E-state index >= 15 is 0 Å². The summed E-state index contributed by atoms with van der Waals surface area (Å²) in [4.78, 5) is 43.6. The average molecular weight is 417 g/mol. The van der Waals surface area contributed by atoms with Gasteiger partial charge < -0.3 is 4.57 Å². The number of aryl methyl sites for hydroxylation is 2. The van der Waals surface area contributed by atoms with Crippen LogP contribution in [0.2, 0.25) is 5.02 Å². The number of hydrogen-bond donors (Lipinski definition) is 0. The molecule has 0 unspecified atom stereocenters. The molecular weight excluding hydrogens is 392 g/mol. The van der Waals surface area contributed by atoms with E-state index in [0.29, 0.717) is 22.8 Å². The third-order valence-corrected chi connectivity index (χ3v) is 5.29. The van der Waals surface area contributed by atoms with Gasteiger partial charge in [-0.15, -0.1) is 0 Å². The van der Waals surface area contributed by atoms with E-state index in [0.717, 1.165) is 10.1 Å². The second-order valence-corrected chi connectivity index (χ2v) is 8.61. The number of imidazole rings is 1. The van der Waals surface area contributed by atoms with Gasteiger partial charge >= 0.3 is 5.69 Å². The van der Waals surface area contributed by atoms with Crippen molar-refractivity contribution in [2.24, 2.45) is 12.5 Å². The quantitative estimate of drug-likeness (QED) is 0.640. The number of benzene rings is 1. The molecule has 7 nitrogen and oxygen atoms in total. The van der Waals surface area contributed by atoms with Gasteiger partial charge in [0, 0.05) is 23.9 Å². The Labute approximate surface area is 173 Å². The summed E-state index contributed by atoms with van der Waals surface area (Å²) >= 11 is 5.94. The Hall–Kier alpha value is -2.67. The molecule has 0 aliphatic rings. The highest BCUT2D eigenvalue weighted by Crippen LogP contribution is 2.17. The molecule has 0 bridgehead atoms. The lowest BCUT2D eigenvalue weighted by Gasteiger charge is -2.18. The van der Waals surface area contributed by atoms with Crippen molar-refractivity contribution in [2.45, 2.75) is 47.2 Å². The summed E-state index contributed by atoms with van der Waals surface area (Å²) in [5.41, 5.74) is -0.253. The van der Waals surface area contributed by atoms with E-state index in [2.05, 4.69) is 4.98 Å². The summed E-state index contributed by atoms with van der Waals surface area (Å²) in [5.74, 6) is 0.569. The maximum absolute atomic E-state index is 13.2. The SMILES string of the molecule is CCc1nc2c(c(=O)n(Cc3ccc(Cl)cc3)c(=O)n2CC(=O)C(C)(C)C)n1C. The van der Waals surface area contributed by atoms with Gasteiger partial charge in [0.25, 0.3) is 5.56 Å². The Morgan fingerprint density at radius 3 is 2.28 bits per heavy atom. The van der Waals surface area contributed by atoms with Crippen molar-refractivity contribution in [2.75, 3.05) is 0 Å². The van der Waals surface area contributed by atoms with Gasteiger partial charge in [0.15, 0.2) is 16.9 Å². The van der Waals surface area contributed by atoms with E-state index in [1.807, 2.05) is 6.92 Å². The highest BCUT2D eigenvalue weighted by molar-refractivity contribution is 6.30. The van der Waals surface area contributed by atoms with E-state index in [-0.39, 0.29) is 24.5 Å². The minimum Gasteiger partial charge on any atom is -0.325 e. The Morgan fingerprint density at radius 1 is 1.10 bits per heavy atom. The van der Waals surface area contributed by atoms with Crippen molar-refractivity contribution in [3.05, 3.63) is 61.5 Å². The lowest BCUT2D eigenvalue weighted by molar-refractivity contribution is -0.126. The number of halogens is 1. The largest absolute Gasteiger partial charge is 0.333 e. The normalized spacial score (nSPS) is 11.9. The first-order valence-corrected chi connectivity index (χ1v) is 9.89. The average Bonchev–Trinajstić information content (AvgIpc) is 2.99. The van der Waals surface area contributed by atoms with Crippen LogP contribution in [0.15, 0.2) is 33.9 Å². The number of rotatable bonds is 5. The molecule has 8 heteroatoms. The van der Waals surface area contributed by atoms with Crippen molar-refractivity contribution in [1.82, 2.24) is 18.7 Å². The molecule has 0 atom stereocenters. The van der Waals surface area contributed by atoms with Gasteiger partial charge in [0.2, 0.25) is 0 Å². The molecular formula is C21H25ClN4O3. The molecule has 0 saturated carbocycles. The van der Waals surface area contributed by atoms with E-state index in [1.54, 1.807) is 56.7 Å². The molecule has 0 aliphatic heterocycles. The maximum Gasteiger partial charge on any atom is 0.333 e. The van der Waals surface area contributed by atoms with Crippen molar-refractivity contribution in [3.8, 4) is 0 Å². The Bertz CT molecular complexity index is 1190. The van der Waals surface area contributed by atoms with Crippen LogP contribution in [-0.4, -0.2) is 24.5 Å². The number of fused-ring (bicyclic) bond motifs is 1. The molecule has 2 aromatic heterocycles. The first-order chi connectivity index (χ1) is 13.5. The first-order valence-electron chi connectivity index (χ1n) is 9.51. The standard InChI is InChI=1S/C21H25ClN4O3/c1-6-16-23-18-17(24(16)5)19(28)26(11-13-7-9-14(22)10-8-13)20(29)25(18)12-15(27)21(2,3)4/h7-10H,6,11-12H2,1-5H3. The molecule has 0 fully saturated rings. The van der Waals surface area contributed by atoms with Gasteiger partial charge in [-0.05, 0) is 17.7 Å². The molecule has 0 saturated heterocycles. The van der Waals surface area contributed by atoms with Crippen molar-refractivity contribution >= 4 is 28.5 Å². The monoisotopic (exact) mass is 416 g/mol. The molecule has 1 aromatic carbocycles. The Morgan fingerprint density at radius 2 is 1.72 bits per heavy atom. The van der Waals surface area contributed by atoms with Gasteiger partial charge in [-0.2, -0.15) is 0 Å². The molecule has 0 aliphatic carbocycles. The predicted octanol–water partition coefficient (Wildman–Crippen LogP) is 2.78. The zero-order valence-electron chi connectivity index (χ0n) is 17.3. The fourth-order valence-electron chi connectivity index (χ4n) is 3.16. The minimum absolute atomic E-state index is 0.0844. The summed E-state index contributed by atoms with van der Waals surface area (Å²) in [6.45, 7) is 7.28. The number of aromatic nitrogens is 4. The van der Waals surface area contributed by atoms with Crippen LogP contribution in [0, 0.1) is 5.41 Å². The van der Waals surface area contributed by atoms with Gasteiger partial charge in [-0.25, -0.2) is 9.78 Å². The molecule has 0 radical (unpaired) electrons. The molecule has 29 heavy (non-hydrogen) atoms. The number of carbonyl (C=O) groups excluding carboxylic acids is 1. The van der Waals surface area contributed by atoms with E-state index in [1.165, 1.54) is 4.57 Å². The maximum atomic E-state index is 13.2. The van der Waals surface area contributed by atoms with Crippen LogP contribution >= 0.6 is 11.6 Å². The smallest absolute Gasteiger partial charge is 0.325 e. The van der Waals surface area contributed by atoms with Crippen LogP contribution in [0.3, 0.4) is 0 Å². The first kappa shape index (κ1) is 21.0. The van der Waals surface area contributed by atoms with Crippen LogP contribution in [0.5, 0.6) is 0 Å². The van der Waals surface area contributed by atoms with Crippen LogP contribution in [0.1, 0.15) is 39.1 Å². The molecule has 3 rings (SSSR count). The summed E-state index contributed by atoms with van der Waals surface area (Å²) < 4.78 is 4.18. The van der Waals surface area contributed by atoms with Crippen LogP contribution in [0.25, 0.3) is 11.2 Å². The lowest BCUT2D eigenvalue weighted by Crippen LogP contribution is -2.42. The highest BCUT2D eigenvalue weighted by atomic mass is 35.5. The number of ketones is 1. The topological polar surface area (TPSA) is 78.9 Å². The van der Waals surface area contributed by atoms with Gasteiger partial charge in [0.1, 0.15) is 5.82 Å². The van der Waals surface area contributed by atoms with Crippen LogP contribution in [0.4, 0.5) is 0 Å². The van der Waals surface area contributed by atoms with Crippen molar-refractivity contribution in [3.63, 3.8) is 0 Å². The summed E-state index contributed by atoms with van der Waals surface area (Å²) in [6.07, 6.45) is 0.600. The van der Waals surface area contributed by atoms with Crippen LogP contribution < -0.4 is 11.2 Å².